The summed E-state index contributed by atoms with van der Waals surface area (Å²) in [6.07, 6.45) is 0. The average Bonchev–Trinajstić information content (AvgIpc) is 2.36. The van der Waals surface area contributed by atoms with Crippen LogP contribution in [0, 0.1) is 11.6 Å². The Bertz CT molecular complexity index is 671. The van der Waals surface area contributed by atoms with Crippen molar-refractivity contribution in [2.24, 2.45) is 0 Å². The van der Waals surface area contributed by atoms with Gasteiger partial charge in [0.15, 0.2) is 11.6 Å². The number of halogens is 4. The van der Waals surface area contributed by atoms with Gasteiger partial charge in [-0.3, -0.25) is 4.79 Å². The monoisotopic (exact) mass is 361 g/mol. The van der Waals surface area contributed by atoms with E-state index in [2.05, 4.69) is 21.2 Å². The summed E-state index contributed by atoms with van der Waals surface area (Å²) in [6, 6.07) is 5.73. The molecule has 0 unspecified atom stereocenters. The van der Waals surface area contributed by atoms with E-state index in [1.54, 1.807) is 0 Å². The van der Waals surface area contributed by atoms with E-state index in [0.717, 1.165) is 18.2 Å². The van der Waals surface area contributed by atoms with Gasteiger partial charge in [-0.05, 0) is 30.3 Å². The van der Waals surface area contributed by atoms with Crippen molar-refractivity contribution in [1.82, 2.24) is 0 Å². The number of carbonyl (C=O) groups is 1. The van der Waals surface area contributed by atoms with Gasteiger partial charge < -0.3 is 10.4 Å². The number of phenols is 1. The summed E-state index contributed by atoms with van der Waals surface area (Å²) in [5.41, 5.74) is -0.675. The van der Waals surface area contributed by atoms with Crippen LogP contribution in [0.15, 0.2) is 34.8 Å². The van der Waals surface area contributed by atoms with Gasteiger partial charge in [0, 0.05) is 4.47 Å². The summed E-state index contributed by atoms with van der Waals surface area (Å²) in [7, 11) is 0. The molecule has 0 aliphatic heterocycles. The van der Waals surface area contributed by atoms with Crippen molar-refractivity contribution in [3.05, 3.63) is 57.0 Å². The van der Waals surface area contributed by atoms with Crippen LogP contribution >= 0.6 is 27.5 Å². The molecule has 104 valence electrons. The lowest BCUT2D eigenvalue weighted by Crippen LogP contribution is -2.14. The maximum absolute atomic E-state index is 13.6. The predicted molar refractivity (Wildman–Crippen MR) is 75.1 cm³/mol. The largest absolute Gasteiger partial charge is 0.508 e. The average molecular weight is 363 g/mol. The minimum Gasteiger partial charge on any atom is -0.508 e. The third-order valence-corrected chi connectivity index (χ3v) is 3.23. The number of hydrogen-bond acceptors (Lipinski definition) is 2. The van der Waals surface area contributed by atoms with Crippen LogP contribution in [0.3, 0.4) is 0 Å². The quantitative estimate of drug-likeness (QED) is 0.835. The van der Waals surface area contributed by atoms with Gasteiger partial charge in [0.1, 0.15) is 11.4 Å². The van der Waals surface area contributed by atoms with Crippen molar-refractivity contribution in [3.63, 3.8) is 0 Å². The van der Waals surface area contributed by atoms with Gasteiger partial charge >= 0.3 is 0 Å². The number of aromatic hydroxyl groups is 1. The fourth-order valence-corrected chi connectivity index (χ4v) is 2.14. The van der Waals surface area contributed by atoms with Crippen molar-refractivity contribution in [2.45, 2.75) is 0 Å². The standard InChI is InChI=1S/C13H7BrClF2NO2/c14-6-3-10(16)12(11(17)4-6)18-13(20)8-5-7(19)1-2-9(8)15/h1-5,19H,(H,18,20). The van der Waals surface area contributed by atoms with Crippen molar-refractivity contribution in [3.8, 4) is 5.75 Å². The molecule has 0 radical (unpaired) electrons. The first-order valence-electron chi connectivity index (χ1n) is 5.33. The van der Waals surface area contributed by atoms with E-state index in [4.69, 9.17) is 11.6 Å². The summed E-state index contributed by atoms with van der Waals surface area (Å²) >= 11 is 8.73. The lowest BCUT2D eigenvalue weighted by molar-refractivity contribution is 0.102. The highest BCUT2D eigenvalue weighted by Gasteiger charge is 2.17. The lowest BCUT2D eigenvalue weighted by atomic mass is 10.2. The molecule has 2 rings (SSSR count). The molecule has 0 aliphatic carbocycles. The van der Waals surface area contributed by atoms with E-state index < -0.39 is 23.2 Å². The number of nitrogens with one attached hydrogen (secondary N) is 1. The third-order valence-electron chi connectivity index (χ3n) is 2.44. The molecule has 1 amide bonds. The number of benzene rings is 2. The molecule has 0 bridgehead atoms. The van der Waals surface area contributed by atoms with E-state index in [1.807, 2.05) is 0 Å². The zero-order valence-corrected chi connectivity index (χ0v) is 12.1. The topological polar surface area (TPSA) is 49.3 Å². The van der Waals surface area contributed by atoms with E-state index in [9.17, 15) is 18.7 Å². The Morgan fingerprint density at radius 1 is 1.20 bits per heavy atom. The maximum atomic E-state index is 13.6. The van der Waals surface area contributed by atoms with Crippen LogP contribution in [-0.2, 0) is 0 Å². The number of phenolic OH excluding ortho intramolecular Hbond substituents is 1. The number of amides is 1. The first kappa shape index (κ1) is 14.7. The molecule has 0 saturated carbocycles. The van der Waals surface area contributed by atoms with E-state index >= 15 is 0 Å². The van der Waals surface area contributed by atoms with Gasteiger partial charge in [0.2, 0.25) is 0 Å². The Labute approximate surface area is 126 Å². The molecule has 0 aromatic heterocycles. The Morgan fingerprint density at radius 3 is 2.40 bits per heavy atom. The van der Waals surface area contributed by atoms with Crippen LogP contribution < -0.4 is 5.32 Å². The highest BCUT2D eigenvalue weighted by Crippen LogP contribution is 2.26. The second-order valence-electron chi connectivity index (χ2n) is 3.86. The number of rotatable bonds is 2. The zero-order chi connectivity index (χ0) is 14.9. The summed E-state index contributed by atoms with van der Waals surface area (Å²) in [5.74, 6) is -2.87. The van der Waals surface area contributed by atoms with Gasteiger partial charge in [-0.25, -0.2) is 8.78 Å². The van der Waals surface area contributed by atoms with Crippen LogP contribution in [-0.4, -0.2) is 11.0 Å². The lowest BCUT2D eigenvalue weighted by Gasteiger charge is -2.09. The van der Waals surface area contributed by atoms with Crippen LogP contribution in [0.2, 0.25) is 5.02 Å². The summed E-state index contributed by atoms with van der Waals surface area (Å²) in [4.78, 5) is 11.9. The Hall–Kier alpha value is -1.66. The zero-order valence-electron chi connectivity index (χ0n) is 9.75. The molecular formula is C13H7BrClF2NO2. The Morgan fingerprint density at radius 2 is 1.80 bits per heavy atom. The second kappa shape index (κ2) is 5.76. The molecule has 0 aliphatic rings. The fourth-order valence-electron chi connectivity index (χ4n) is 1.53. The van der Waals surface area contributed by atoms with Gasteiger partial charge in [0.05, 0.1) is 10.6 Å². The molecule has 2 aromatic rings. The smallest absolute Gasteiger partial charge is 0.257 e. The van der Waals surface area contributed by atoms with E-state index in [0.29, 0.717) is 0 Å². The van der Waals surface area contributed by atoms with Gasteiger partial charge in [0.25, 0.3) is 5.91 Å². The van der Waals surface area contributed by atoms with Gasteiger partial charge in [-0.15, -0.1) is 0 Å². The molecule has 0 atom stereocenters. The molecule has 7 heteroatoms. The Kier molecular flexibility index (Phi) is 4.25. The molecule has 0 heterocycles. The van der Waals surface area contributed by atoms with Crippen LogP contribution in [0.4, 0.5) is 14.5 Å². The molecule has 2 aromatic carbocycles. The van der Waals surface area contributed by atoms with Crippen LogP contribution in [0.25, 0.3) is 0 Å². The fraction of sp³-hybridized carbons (Fsp3) is 0. The van der Waals surface area contributed by atoms with E-state index in [1.165, 1.54) is 12.1 Å². The van der Waals surface area contributed by atoms with Crippen LogP contribution in [0.1, 0.15) is 10.4 Å². The summed E-state index contributed by atoms with van der Waals surface area (Å²) in [6.45, 7) is 0. The molecule has 0 fully saturated rings. The number of anilines is 1. The molecule has 0 spiro atoms. The van der Waals surface area contributed by atoms with Crippen molar-refractivity contribution in [1.29, 1.82) is 0 Å². The number of carbonyl (C=O) groups excluding carboxylic acids is 1. The molecule has 0 saturated heterocycles. The van der Waals surface area contributed by atoms with Crippen LogP contribution in [0.5, 0.6) is 5.75 Å². The molecular weight excluding hydrogens is 356 g/mol. The molecule has 2 N–H and O–H groups in total. The second-order valence-corrected chi connectivity index (χ2v) is 5.19. The van der Waals surface area contributed by atoms with E-state index in [-0.39, 0.29) is 20.8 Å². The first-order chi connectivity index (χ1) is 9.38. The highest BCUT2D eigenvalue weighted by atomic mass is 79.9. The van der Waals surface area contributed by atoms with Gasteiger partial charge in [-0.2, -0.15) is 0 Å². The molecule has 3 nitrogen and oxygen atoms in total. The highest BCUT2D eigenvalue weighted by molar-refractivity contribution is 9.10. The van der Waals surface area contributed by atoms with Crippen molar-refractivity contribution in [2.75, 3.05) is 5.32 Å². The van der Waals surface area contributed by atoms with Crippen molar-refractivity contribution >= 4 is 39.1 Å². The predicted octanol–water partition coefficient (Wildman–Crippen LogP) is 4.34. The first-order valence-corrected chi connectivity index (χ1v) is 6.50. The third kappa shape index (κ3) is 3.08. The summed E-state index contributed by atoms with van der Waals surface area (Å²) in [5, 5.41) is 11.4. The SMILES string of the molecule is O=C(Nc1c(F)cc(Br)cc1F)c1cc(O)ccc1Cl. The summed E-state index contributed by atoms with van der Waals surface area (Å²) < 4.78 is 27.4. The minimum atomic E-state index is -0.929. The Balaban J connectivity index is 2.35. The minimum absolute atomic E-state index is 0.0539. The molecule has 20 heavy (non-hydrogen) atoms. The maximum Gasteiger partial charge on any atom is 0.257 e. The van der Waals surface area contributed by atoms with Crippen molar-refractivity contribution < 1.29 is 18.7 Å². The van der Waals surface area contributed by atoms with Gasteiger partial charge in [-0.1, -0.05) is 27.5 Å². The number of hydrogen-bond donors (Lipinski definition) is 2. The normalized spacial score (nSPS) is 10.4.